The van der Waals surface area contributed by atoms with Crippen LogP contribution in [0.5, 0.6) is 0 Å². The van der Waals surface area contributed by atoms with Crippen LogP contribution in [-0.2, 0) is 9.59 Å². The first kappa shape index (κ1) is 16.9. The number of carboxylic acids is 1. The number of halogens is 1. The zero-order chi connectivity index (χ0) is 16.8. The number of nitrogens with zero attached hydrogens (tertiary/aromatic N) is 1. The van der Waals surface area contributed by atoms with Crippen molar-refractivity contribution in [2.24, 2.45) is 0 Å². The molecule has 6 nitrogen and oxygen atoms in total. The number of aliphatic carboxylic acids is 1. The Morgan fingerprint density at radius 1 is 1.22 bits per heavy atom. The number of rotatable bonds is 5. The number of hydrogen-bond acceptors (Lipinski definition) is 3. The van der Waals surface area contributed by atoms with Crippen LogP contribution in [0, 0.1) is 5.82 Å². The smallest absolute Gasteiger partial charge is 0.326 e. The van der Waals surface area contributed by atoms with E-state index in [9.17, 15) is 18.8 Å². The number of piperidine rings is 1. The Bertz CT molecular complexity index is 588. The van der Waals surface area contributed by atoms with E-state index in [0.29, 0.717) is 18.5 Å². The first-order chi connectivity index (χ1) is 11.0. The van der Waals surface area contributed by atoms with E-state index in [1.807, 2.05) is 0 Å². The van der Waals surface area contributed by atoms with Gasteiger partial charge in [0.15, 0.2) is 0 Å². The molecule has 23 heavy (non-hydrogen) atoms. The van der Waals surface area contributed by atoms with Gasteiger partial charge in [0.25, 0.3) is 5.91 Å². The van der Waals surface area contributed by atoms with Crippen LogP contribution in [0.3, 0.4) is 0 Å². The van der Waals surface area contributed by atoms with Crippen molar-refractivity contribution in [3.8, 4) is 0 Å². The number of hydrogen-bond donors (Lipinski definition) is 2. The Balaban J connectivity index is 1.83. The van der Waals surface area contributed by atoms with Gasteiger partial charge in [-0.3, -0.25) is 9.59 Å². The second-order valence-electron chi connectivity index (χ2n) is 5.45. The van der Waals surface area contributed by atoms with E-state index in [0.717, 1.165) is 12.8 Å². The van der Waals surface area contributed by atoms with Gasteiger partial charge in [-0.15, -0.1) is 0 Å². The summed E-state index contributed by atoms with van der Waals surface area (Å²) in [6, 6.07) is 4.31. The lowest BCUT2D eigenvalue weighted by molar-refractivity contribution is -0.152. The van der Waals surface area contributed by atoms with E-state index in [4.69, 9.17) is 5.11 Å². The van der Waals surface area contributed by atoms with Gasteiger partial charge in [-0.25, -0.2) is 9.18 Å². The van der Waals surface area contributed by atoms with E-state index in [2.05, 4.69) is 5.32 Å². The van der Waals surface area contributed by atoms with Crippen LogP contribution in [0.25, 0.3) is 0 Å². The molecule has 1 aromatic carbocycles. The third-order valence-corrected chi connectivity index (χ3v) is 3.84. The van der Waals surface area contributed by atoms with E-state index >= 15 is 0 Å². The summed E-state index contributed by atoms with van der Waals surface area (Å²) in [6.07, 6.45) is 2.08. The Hall–Kier alpha value is -2.44. The van der Waals surface area contributed by atoms with Gasteiger partial charge >= 0.3 is 5.97 Å². The molecule has 1 heterocycles. The molecule has 1 aliphatic heterocycles. The highest BCUT2D eigenvalue weighted by molar-refractivity contribution is 5.94. The van der Waals surface area contributed by atoms with Gasteiger partial charge < -0.3 is 15.3 Å². The van der Waals surface area contributed by atoms with Crippen LogP contribution < -0.4 is 5.32 Å². The lowest BCUT2D eigenvalue weighted by Crippen LogP contribution is -2.48. The SMILES string of the molecule is O=C(NCCC(=O)N1CCCCC1C(=O)O)c1ccc(F)cc1. The van der Waals surface area contributed by atoms with Crippen LogP contribution >= 0.6 is 0 Å². The minimum absolute atomic E-state index is 0.0384. The minimum Gasteiger partial charge on any atom is -0.480 e. The summed E-state index contributed by atoms with van der Waals surface area (Å²) in [6.45, 7) is 0.541. The van der Waals surface area contributed by atoms with Gasteiger partial charge in [0.05, 0.1) is 0 Å². The van der Waals surface area contributed by atoms with Gasteiger partial charge in [-0.1, -0.05) is 0 Å². The molecule has 0 aromatic heterocycles. The van der Waals surface area contributed by atoms with Crippen LogP contribution in [0.15, 0.2) is 24.3 Å². The zero-order valence-corrected chi connectivity index (χ0v) is 12.6. The van der Waals surface area contributed by atoms with Gasteiger partial charge in [-0.2, -0.15) is 0 Å². The molecule has 0 aliphatic carbocycles. The average Bonchev–Trinajstić information content (AvgIpc) is 2.55. The predicted molar refractivity (Wildman–Crippen MR) is 80.3 cm³/mol. The number of carbonyl (C=O) groups is 3. The average molecular weight is 322 g/mol. The van der Waals surface area contributed by atoms with Gasteiger partial charge in [0.2, 0.25) is 5.91 Å². The number of amides is 2. The summed E-state index contributed by atoms with van der Waals surface area (Å²) < 4.78 is 12.8. The largest absolute Gasteiger partial charge is 0.480 e. The molecule has 124 valence electrons. The van der Waals surface area contributed by atoms with E-state index < -0.39 is 23.7 Å². The molecule has 1 unspecified atom stereocenters. The molecule has 1 aromatic rings. The maximum Gasteiger partial charge on any atom is 0.326 e. The molecule has 1 fully saturated rings. The molecule has 2 N–H and O–H groups in total. The van der Waals surface area contributed by atoms with Gasteiger partial charge in [-0.05, 0) is 43.5 Å². The number of nitrogens with one attached hydrogen (secondary N) is 1. The van der Waals surface area contributed by atoms with Crippen molar-refractivity contribution in [1.29, 1.82) is 0 Å². The molecule has 1 aliphatic rings. The Morgan fingerprint density at radius 2 is 1.91 bits per heavy atom. The first-order valence-corrected chi connectivity index (χ1v) is 7.55. The van der Waals surface area contributed by atoms with Crippen LogP contribution in [0.1, 0.15) is 36.0 Å². The van der Waals surface area contributed by atoms with Crippen molar-refractivity contribution in [2.75, 3.05) is 13.1 Å². The number of benzene rings is 1. The molecule has 1 saturated heterocycles. The fourth-order valence-corrected chi connectivity index (χ4v) is 2.62. The number of carbonyl (C=O) groups excluding carboxylic acids is 2. The van der Waals surface area contributed by atoms with Crippen LogP contribution in [0.4, 0.5) is 4.39 Å². The van der Waals surface area contributed by atoms with Crippen LogP contribution in [-0.4, -0.2) is 46.9 Å². The van der Waals surface area contributed by atoms with E-state index in [-0.39, 0.29) is 18.9 Å². The fraction of sp³-hybridized carbons (Fsp3) is 0.438. The second-order valence-corrected chi connectivity index (χ2v) is 5.45. The van der Waals surface area contributed by atoms with Crippen molar-refractivity contribution in [3.63, 3.8) is 0 Å². The fourth-order valence-electron chi connectivity index (χ4n) is 2.62. The maximum absolute atomic E-state index is 12.8. The third-order valence-electron chi connectivity index (χ3n) is 3.84. The van der Waals surface area contributed by atoms with Crippen molar-refractivity contribution in [1.82, 2.24) is 10.2 Å². The van der Waals surface area contributed by atoms with E-state index in [1.54, 1.807) is 0 Å². The van der Waals surface area contributed by atoms with Crippen molar-refractivity contribution >= 4 is 17.8 Å². The highest BCUT2D eigenvalue weighted by Gasteiger charge is 2.31. The number of carboxylic acid groups (broad SMARTS) is 1. The molecular weight excluding hydrogens is 303 g/mol. The van der Waals surface area contributed by atoms with Crippen molar-refractivity contribution in [3.05, 3.63) is 35.6 Å². The van der Waals surface area contributed by atoms with Gasteiger partial charge in [0.1, 0.15) is 11.9 Å². The normalized spacial score (nSPS) is 17.6. The highest BCUT2D eigenvalue weighted by Crippen LogP contribution is 2.18. The lowest BCUT2D eigenvalue weighted by Gasteiger charge is -2.33. The summed E-state index contributed by atoms with van der Waals surface area (Å²) in [5, 5.41) is 11.7. The van der Waals surface area contributed by atoms with Crippen molar-refractivity contribution in [2.45, 2.75) is 31.7 Å². The van der Waals surface area contributed by atoms with Crippen molar-refractivity contribution < 1.29 is 23.9 Å². The molecule has 0 radical (unpaired) electrons. The Morgan fingerprint density at radius 3 is 2.57 bits per heavy atom. The third kappa shape index (κ3) is 4.51. The molecule has 1 atom stereocenters. The van der Waals surface area contributed by atoms with Crippen LogP contribution in [0.2, 0.25) is 0 Å². The quantitative estimate of drug-likeness (QED) is 0.858. The predicted octanol–water partition coefficient (Wildman–Crippen LogP) is 1.41. The molecule has 2 amide bonds. The minimum atomic E-state index is -0.992. The second kappa shape index (κ2) is 7.71. The highest BCUT2D eigenvalue weighted by atomic mass is 19.1. The zero-order valence-electron chi connectivity index (χ0n) is 12.6. The monoisotopic (exact) mass is 322 g/mol. The Labute approximate surface area is 133 Å². The van der Waals surface area contributed by atoms with E-state index in [1.165, 1.54) is 29.2 Å². The standard InChI is InChI=1S/C16H19FN2O4/c17-12-6-4-11(5-7-12)15(21)18-9-8-14(20)19-10-2-1-3-13(19)16(22)23/h4-7,13H,1-3,8-10H2,(H,18,21)(H,22,23). The molecular formula is C16H19FN2O4. The first-order valence-electron chi connectivity index (χ1n) is 7.55. The molecule has 2 rings (SSSR count). The summed E-state index contributed by atoms with van der Waals surface area (Å²) in [5.41, 5.74) is 0.306. The topological polar surface area (TPSA) is 86.7 Å². The summed E-state index contributed by atoms with van der Waals surface area (Å²) in [4.78, 5) is 36.5. The maximum atomic E-state index is 12.8. The number of likely N-dealkylation sites (tertiary alicyclic amines) is 1. The molecule has 0 saturated carbocycles. The summed E-state index contributed by atoms with van der Waals surface area (Å²) >= 11 is 0. The Kier molecular flexibility index (Phi) is 5.67. The summed E-state index contributed by atoms with van der Waals surface area (Å²) in [5.74, 6) is -2.10. The molecule has 0 bridgehead atoms. The molecule has 7 heteroatoms. The molecule has 0 spiro atoms. The van der Waals surface area contributed by atoms with Gasteiger partial charge in [0, 0.05) is 25.1 Å². The summed E-state index contributed by atoms with van der Waals surface area (Å²) in [7, 11) is 0. The lowest BCUT2D eigenvalue weighted by atomic mass is 10.0.